The van der Waals surface area contributed by atoms with Crippen molar-refractivity contribution in [3.63, 3.8) is 0 Å². The number of nitrogens with zero attached hydrogens (tertiary/aromatic N) is 2. The second-order valence-corrected chi connectivity index (χ2v) is 10.2. The average molecular weight is 462 g/mol. The molecule has 1 aromatic carbocycles. The summed E-state index contributed by atoms with van der Waals surface area (Å²) in [6.07, 6.45) is 10.5. The van der Waals surface area contributed by atoms with Crippen molar-refractivity contribution in [1.82, 2.24) is 9.97 Å². The number of halogens is 1. The van der Waals surface area contributed by atoms with Crippen LogP contribution in [0.3, 0.4) is 0 Å². The minimum Gasteiger partial charge on any atom is -0.381 e. The molecule has 7 heteroatoms. The van der Waals surface area contributed by atoms with E-state index >= 15 is 0 Å². The van der Waals surface area contributed by atoms with E-state index in [-0.39, 0.29) is 17.9 Å². The van der Waals surface area contributed by atoms with E-state index in [1.807, 2.05) is 6.07 Å². The third-order valence-corrected chi connectivity index (χ3v) is 7.29. The Morgan fingerprint density at radius 1 is 1.18 bits per heavy atom. The van der Waals surface area contributed by atoms with Crippen molar-refractivity contribution in [2.24, 2.45) is 17.6 Å². The van der Waals surface area contributed by atoms with Crippen molar-refractivity contribution in [3.05, 3.63) is 59.8 Å². The van der Waals surface area contributed by atoms with Gasteiger partial charge in [-0.05, 0) is 86.6 Å². The Balaban J connectivity index is 1.41. The molecular weight excluding hydrogens is 429 g/mol. The minimum atomic E-state index is -0.394. The number of hydrogen-bond acceptors (Lipinski definition) is 5. The van der Waals surface area contributed by atoms with E-state index < -0.39 is 5.82 Å². The quantitative estimate of drug-likeness (QED) is 0.453. The highest BCUT2D eigenvalue weighted by Gasteiger charge is 2.29. The number of anilines is 2. The van der Waals surface area contributed by atoms with Gasteiger partial charge in [-0.25, -0.2) is 4.39 Å². The van der Waals surface area contributed by atoms with E-state index in [9.17, 15) is 9.18 Å². The van der Waals surface area contributed by atoms with Crippen molar-refractivity contribution in [2.75, 3.05) is 10.6 Å². The zero-order valence-corrected chi connectivity index (χ0v) is 19.7. The van der Waals surface area contributed by atoms with E-state index in [1.165, 1.54) is 25.0 Å². The maximum absolute atomic E-state index is 14.7. The van der Waals surface area contributed by atoms with E-state index in [1.54, 1.807) is 24.7 Å². The molecular formula is C27H32FN5O. The zero-order chi connectivity index (χ0) is 23.8. The highest BCUT2D eigenvalue weighted by atomic mass is 19.1. The first-order valence-electron chi connectivity index (χ1n) is 12.2. The molecule has 2 aliphatic rings. The Kier molecular flexibility index (Phi) is 6.21. The fourth-order valence-electron chi connectivity index (χ4n) is 5.39. The zero-order valence-electron chi connectivity index (χ0n) is 19.7. The number of nitrogens with one attached hydrogen (secondary N) is 2. The van der Waals surface area contributed by atoms with Gasteiger partial charge < -0.3 is 16.4 Å². The van der Waals surface area contributed by atoms with Gasteiger partial charge in [0.2, 0.25) is 0 Å². The van der Waals surface area contributed by atoms with Gasteiger partial charge in [0.1, 0.15) is 5.82 Å². The third kappa shape index (κ3) is 4.75. The standard InChI is InChI=1S/C27H32FN5O/c1-15-9-18(11-19(29)10-15)21-7-8-30-14-25(21)33-27(34)22-5-6-24(28)23-12-20(13-31-26(22)23)32-16(2)17-3-4-17/h5-8,12-19,32H,3-4,9-11,29H2,1-2H3,(H,33,34)/t15-,16?,18+,19-/m0/s1. The Morgan fingerprint density at radius 3 is 2.76 bits per heavy atom. The largest absolute Gasteiger partial charge is 0.381 e. The van der Waals surface area contributed by atoms with Crippen LogP contribution in [0.25, 0.3) is 10.9 Å². The molecule has 178 valence electrons. The molecule has 34 heavy (non-hydrogen) atoms. The predicted octanol–water partition coefficient (Wildman–Crippen LogP) is 5.46. The summed E-state index contributed by atoms with van der Waals surface area (Å²) in [6.45, 7) is 4.35. The number of benzene rings is 1. The van der Waals surface area contributed by atoms with Gasteiger partial charge >= 0.3 is 0 Å². The molecule has 0 radical (unpaired) electrons. The molecule has 6 nitrogen and oxygen atoms in total. The molecule has 0 saturated heterocycles. The summed E-state index contributed by atoms with van der Waals surface area (Å²) >= 11 is 0. The summed E-state index contributed by atoms with van der Waals surface area (Å²) in [7, 11) is 0. The van der Waals surface area contributed by atoms with Crippen LogP contribution in [0, 0.1) is 17.7 Å². The van der Waals surface area contributed by atoms with Gasteiger partial charge in [0.05, 0.1) is 34.8 Å². The molecule has 1 amide bonds. The lowest BCUT2D eigenvalue weighted by atomic mass is 9.76. The summed E-state index contributed by atoms with van der Waals surface area (Å²) in [4.78, 5) is 22.0. The van der Waals surface area contributed by atoms with Crippen LogP contribution in [-0.2, 0) is 0 Å². The second-order valence-electron chi connectivity index (χ2n) is 10.2. The van der Waals surface area contributed by atoms with E-state index in [2.05, 4.69) is 34.4 Å². The number of carbonyl (C=O) groups is 1. The summed E-state index contributed by atoms with van der Waals surface area (Å²) in [6, 6.07) is 7.00. The Hall–Kier alpha value is -3.06. The number of amides is 1. The van der Waals surface area contributed by atoms with Crippen molar-refractivity contribution in [1.29, 1.82) is 0 Å². The maximum Gasteiger partial charge on any atom is 0.257 e. The van der Waals surface area contributed by atoms with Crippen LogP contribution in [-0.4, -0.2) is 28.0 Å². The number of pyridine rings is 2. The molecule has 4 atom stereocenters. The predicted molar refractivity (Wildman–Crippen MR) is 133 cm³/mol. The normalized spacial score (nSPS) is 23.5. The van der Waals surface area contributed by atoms with Gasteiger partial charge in [-0.3, -0.25) is 14.8 Å². The SMILES string of the molecule is CC(Nc1cnc2c(C(=O)Nc3cnccc3[C@@H]3C[C@H](C)C[C@H](N)C3)ccc(F)c2c1)C1CC1. The lowest BCUT2D eigenvalue weighted by molar-refractivity contribution is 0.102. The van der Waals surface area contributed by atoms with Crippen LogP contribution in [0.5, 0.6) is 0 Å². The smallest absolute Gasteiger partial charge is 0.257 e. The Bertz CT molecular complexity index is 1200. The van der Waals surface area contributed by atoms with Crippen molar-refractivity contribution >= 4 is 28.2 Å². The van der Waals surface area contributed by atoms with Crippen LogP contribution in [0.4, 0.5) is 15.8 Å². The summed E-state index contributed by atoms with van der Waals surface area (Å²) < 4.78 is 14.7. The van der Waals surface area contributed by atoms with Gasteiger partial charge in [0, 0.05) is 23.7 Å². The number of hydrogen-bond donors (Lipinski definition) is 3. The number of fused-ring (bicyclic) bond motifs is 1. The van der Waals surface area contributed by atoms with Crippen molar-refractivity contribution < 1.29 is 9.18 Å². The number of carbonyl (C=O) groups excluding carboxylic acids is 1. The Morgan fingerprint density at radius 2 is 2.00 bits per heavy atom. The van der Waals surface area contributed by atoms with Gasteiger partial charge in [-0.15, -0.1) is 0 Å². The maximum atomic E-state index is 14.7. The van der Waals surface area contributed by atoms with E-state index in [4.69, 9.17) is 5.73 Å². The van der Waals surface area contributed by atoms with Crippen LogP contribution in [0.15, 0.2) is 42.9 Å². The van der Waals surface area contributed by atoms with Crippen LogP contribution >= 0.6 is 0 Å². The molecule has 2 heterocycles. The summed E-state index contributed by atoms with van der Waals surface area (Å²) in [5, 5.41) is 6.76. The molecule has 2 fully saturated rings. The molecule has 3 aromatic rings. The van der Waals surface area contributed by atoms with Crippen LogP contribution in [0.2, 0.25) is 0 Å². The molecule has 4 N–H and O–H groups in total. The number of aromatic nitrogens is 2. The van der Waals surface area contributed by atoms with Gasteiger partial charge in [0.15, 0.2) is 0 Å². The summed E-state index contributed by atoms with van der Waals surface area (Å²) in [5.41, 5.74) is 9.45. The first-order valence-corrected chi connectivity index (χ1v) is 12.2. The molecule has 5 rings (SSSR count). The molecule has 0 aliphatic heterocycles. The fraction of sp³-hybridized carbons (Fsp3) is 0.444. The molecule has 2 saturated carbocycles. The van der Waals surface area contributed by atoms with Crippen molar-refractivity contribution in [2.45, 2.75) is 64.0 Å². The van der Waals surface area contributed by atoms with Gasteiger partial charge in [-0.1, -0.05) is 6.92 Å². The van der Waals surface area contributed by atoms with Gasteiger partial charge in [0.25, 0.3) is 5.91 Å². The minimum absolute atomic E-state index is 0.154. The van der Waals surface area contributed by atoms with Gasteiger partial charge in [-0.2, -0.15) is 0 Å². The number of rotatable bonds is 6. The molecule has 2 aromatic heterocycles. The molecule has 2 aliphatic carbocycles. The fourth-order valence-corrected chi connectivity index (χ4v) is 5.39. The lowest BCUT2D eigenvalue weighted by Crippen LogP contribution is -2.31. The topological polar surface area (TPSA) is 92.9 Å². The molecule has 1 unspecified atom stereocenters. The van der Waals surface area contributed by atoms with Crippen molar-refractivity contribution in [3.8, 4) is 0 Å². The highest BCUT2D eigenvalue weighted by Crippen LogP contribution is 2.38. The van der Waals surface area contributed by atoms with Crippen LogP contribution in [0.1, 0.15) is 67.8 Å². The molecule has 0 spiro atoms. The average Bonchev–Trinajstić information content (AvgIpc) is 3.65. The van der Waals surface area contributed by atoms with Crippen LogP contribution < -0.4 is 16.4 Å². The lowest BCUT2D eigenvalue weighted by Gasteiger charge is -2.32. The summed E-state index contributed by atoms with van der Waals surface area (Å²) in [5.74, 6) is 0.734. The first kappa shape index (κ1) is 22.7. The highest BCUT2D eigenvalue weighted by molar-refractivity contribution is 6.12. The monoisotopic (exact) mass is 461 g/mol. The first-order chi connectivity index (χ1) is 16.4. The van der Waals surface area contributed by atoms with E-state index in [0.29, 0.717) is 40.0 Å². The molecule has 0 bridgehead atoms. The Labute approximate surface area is 199 Å². The number of nitrogens with two attached hydrogens (primary N) is 1. The third-order valence-electron chi connectivity index (χ3n) is 7.29. The second kappa shape index (κ2) is 9.29. The van der Waals surface area contributed by atoms with E-state index in [0.717, 1.165) is 30.5 Å².